The highest BCUT2D eigenvalue weighted by molar-refractivity contribution is 5.80. The molecule has 20 heavy (non-hydrogen) atoms. The molecule has 0 aliphatic rings. The summed E-state index contributed by atoms with van der Waals surface area (Å²) in [5.41, 5.74) is 8.85. The van der Waals surface area contributed by atoms with E-state index in [1.807, 2.05) is 36.4 Å². The minimum absolute atomic E-state index is 0.257. The van der Waals surface area contributed by atoms with Crippen molar-refractivity contribution >= 4 is 17.5 Å². The average Bonchev–Trinajstić information content (AvgIpc) is 2.49. The lowest BCUT2D eigenvalue weighted by Crippen LogP contribution is -1.99. The summed E-state index contributed by atoms with van der Waals surface area (Å²) in [6.07, 6.45) is 1.63. The summed E-state index contributed by atoms with van der Waals surface area (Å²) in [6, 6.07) is 20.1. The van der Waals surface area contributed by atoms with Crippen LogP contribution in [0.15, 0.2) is 66.9 Å². The number of nitrogens with two attached hydrogens (primary N) is 1. The van der Waals surface area contributed by atoms with Gasteiger partial charge in [-0.05, 0) is 17.7 Å². The van der Waals surface area contributed by atoms with E-state index >= 15 is 0 Å². The van der Waals surface area contributed by atoms with Gasteiger partial charge >= 0.3 is 0 Å². The van der Waals surface area contributed by atoms with Crippen LogP contribution >= 0.6 is 0 Å². The molecule has 3 N–H and O–H groups in total. The van der Waals surface area contributed by atoms with E-state index in [1.54, 1.807) is 12.3 Å². The molecule has 4 nitrogen and oxygen atoms in total. The summed E-state index contributed by atoms with van der Waals surface area (Å²) in [5, 5.41) is 3.28. The highest BCUT2D eigenvalue weighted by Gasteiger charge is 2.05. The number of nitrogen functional groups attached to an aromatic ring is 1. The van der Waals surface area contributed by atoms with Crippen LogP contribution in [0.3, 0.4) is 0 Å². The first-order valence-corrected chi connectivity index (χ1v) is 6.33. The lowest BCUT2D eigenvalue weighted by atomic mass is 10.0. The van der Waals surface area contributed by atoms with Crippen LogP contribution in [-0.4, -0.2) is 9.97 Å². The first-order valence-electron chi connectivity index (χ1n) is 6.33. The van der Waals surface area contributed by atoms with Crippen molar-refractivity contribution in [3.63, 3.8) is 0 Å². The minimum atomic E-state index is 0.257. The van der Waals surface area contributed by atoms with Gasteiger partial charge in [0.15, 0.2) is 0 Å². The monoisotopic (exact) mass is 262 g/mol. The number of hydrogen-bond acceptors (Lipinski definition) is 4. The molecule has 0 radical (unpaired) electrons. The number of aromatic nitrogens is 2. The molecule has 1 heterocycles. The summed E-state index contributed by atoms with van der Waals surface area (Å²) >= 11 is 0. The molecule has 3 rings (SSSR count). The zero-order valence-electron chi connectivity index (χ0n) is 10.8. The van der Waals surface area contributed by atoms with Crippen molar-refractivity contribution in [2.45, 2.75) is 0 Å². The average molecular weight is 262 g/mol. The molecule has 0 amide bonds. The fraction of sp³-hybridized carbons (Fsp3) is 0. The van der Waals surface area contributed by atoms with E-state index < -0.39 is 0 Å². The van der Waals surface area contributed by atoms with Crippen molar-refractivity contribution < 1.29 is 0 Å². The van der Waals surface area contributed by atoms with Gasteiger partial charge in [-0.1, -0.05) is 48.5 Å². The van der Waals surface area contributed by atoms with Crippen LogP contribution in [0.1, 0.15) is 0 Å². The number of nitrogens with one attached hydrogen (secondary N) is 1. The standard InChI is InChI=1S/C16H14N4/c17-16-18-11-10-15(20-16)19-14-9-5-4-8-13(14)12-6-2-1-3-7-12/h1-11H,(H3,17,18,19,20). The Morgan fingerprint density at radius 3 is 2.40 bits per heavy atom. The van der Waals surface area contributed by atoms with Gasteiger partial charge in [-0.3, -0.25) is 0 Å². The van der Waals surface area contributed by atoms with Gasteiger partial charge in [-0.15, -0.1) is 0 Å². The van der Waals surface area contributed by atoms with E-state index in [0.717, 1.165) is 16.8 Å². The molecule has 0 unspecified atom stereocenters. The van der Waals surface area contributed by atoms with Gasteiger partial charge in [0.1, 0.15) is 5.82 Å². The molecule has 2 aromatic carbocycles. The lowest BCUT2D eigenvalue weighted by Gasteiger charge is -2.11. The molecule has 3 aromatic rings. The zero-order valence-corrected chi connectivity index (χ0v) is 10.8. The molecule has 0 aliphatic heterocycles. The van der Waals surface area contributed by atoms with E-state index in [-0.39, 0.29) is 5.95 Å². The molecule has 0 saturated heterocycles. The van der Waals surface area contributed by atoms with Gasteiger partial charge in [0.2, 0.25) is 5.95 Å². The second kappa shape index (κ2) is 5.40. The molecule has 0 atom stereocenters. The van der Waals surface area contributed by atoms with Crippen molar-refractivity contribution in [3.05, 3.63) is 66.9 Å². The van der Waals surface area contributed by atoms with E-state index in [0.29, 0.717) is 5.82 Å². The SMILES string of the molecule is Nc1nccc(Nc2ccccc2-c2ccccc2)n1. The molecular weight excluding hydrogens is 248 g/mol. The smallest absolute Gasteiger partial charge is 0.221 e. The largest absolute Gasteiger partial charge is 0.368 e. The van der Waals surface area contributed by atoms with Gasteiger partial charge in [-0.25, -0.2) is 4.98 Å². The third-order valence-electron chi connectivity index (χ3n) is 2.95. The second-order valence-corrected chi connectivity index (χ2v) is 4.34. The van der Waals surface area contributed by atoms with E-state index in [9.17, 15) is 0 Å². The molecular formula is C16H14N4. The number of hydrogen-bond donors (Lipinski definition) is 2. The highest BCUT2D eigenvalue weighted by atomic mass is 15.1. The van der Waals surface area contributed by atoms with Crippen LogP contribution in [0.5, 0.6) is 0 Å². The Hall–Kier alpha value is -2.88. The Morgan fingerprint density at radius 2 is 1.60 bits per heavy atom. The minimum Gasteiger partial charge on any atom is -0.368 e. The summed E-state index contributed by atoms with van der Waals surface area (Å²) in [5.74, 6) is 0.938. The third kappa shape index (κ3) is 2.59. The first kappa shape index (κ1) is 12.2. The Morgan fingerprint density at radius 1 is 0.850 bits per heavy atom. The fourth-order valence-electron chi connectivity index (χ4n) is 2.04. The van der Waals surface area contributed by atoms with Crippen LogP contribution < -0.4 is 11.1 Å². The predicted molar refractivity (Wildman–Crippen MR) is 81.6 cm³/mol. The van der Waals surface area contributed by atoms with Gasteiger partial charge in [0.25, 0.3) is 0 Å². The maximum atomic E-state index is 5.60. The Labute approximate surface area is 117 Å². The van der Waals surface area contributed by atoms with Gasteiger partial charge in [0.05, 0.1) is 0 Å². The molecule has 0 saturated carbocycles. The van der Waals surface area contributed by atoms with Crippen molar-refractivity contribution in [2.24, 2.45) is 0 Å². The zero-order chi connectivity index (χ0) is 13.8. The van der Waals surface area contributed by atoms with Crippen LogP contribution in [-0.2, 0) is 0 Å². The lowest BCUT2D eigenvalue weighted by molar-refractivity contribution is 1.18. The third-order valence-corrected chi connectivity index (χ3v) is 2.95. The molecule has 98 valence electrons. The molecule has 0 aliphatic carbocycles. The molecule has 4 heteroatoms. The van der Waals surface area contributed by atoms with Crippen molar-refractivity contribution in [1.82, 2.24) is 9.97 Å². The quantitative estimate of drug-likeness (QED) is 0.758. The summed E-state index contributed by atoms with van der Waals surface area (Å²) in [7, 11) is 0. The van der Waals surface area contributed by atoms with Gasteiger partial charge < -0.3 is 11.1 Å². The number of benzene rings is 2. The van der Waals surface area contributed by atoms with E-state index in [1.165, 1.54) is 0 Å². The Balaban J connectivity index is 1.99. The topological polar surface area (TPSA) is 63.8 Å². The first-order chi connectivity index (χ1) is 9.83. The van der Waals surface area contributed by atoms with Crippen LogP contribution in [0.2, 0.25) is 0 Å². The molecule has 1 aromatic heterocycles. The summed E-state index contributed by atoms with van der Waals surface area (Å²) < 4.78 is 0. The van der Waals surface area contributed by atoms with Crippen LogP contribution in [0.25, 0.3) is 11.1 Å². The summed E-state index contributed by atoms with van der Waals surface area (Å²) in [4.78, 5) is 8.05. The summed E-state index contributed by atoms with van der Waals surface area (Å²) in [6.45, 7) is 0. The van der Waals surface area contributed by atoms with E-state index in [4.69, 9.17) is 5.73 Å². The predicted octanol–water partition coefficient (Wildman–Crippen LogP) is 3.47. The number of anilines is 3. The van der Waals surface area contributed by atoms with Crippen molar-refractivity contribution in [2.75, 3.05) is 11.1 Å². The number of rotatable bonds is 3. The number of para-hydroxylation sites is 1. The molecule has 0 bridgehead atoms. The Kier molecular flexibility index (Phi) is 3.29. The normalized spacial score (nSPS) is 10.2. The van der Waals surface area contributed by atoms with Crippen molar-refractivity contribution in [1.29, 1.82) is 0 Å². The second-order valence-electron chi connectivity index (χ2n) is 4.34. The maximum Gasteiger partial charge on any atom is 0.221 e. The van der Waals surface area contributed by atoms with E-state index in [2.05, 4.69) is 33.5 Å². The number of nitrogens with zero attached hydrogens (tertiary/aromatic N) is 2. The Bertz CT molecular complexity index is 710. The van der Waals surface area contributed by atoms with Crippen molar-refractivity contribution in [3.8, 4) is 11.1 Å². The van der Waals surface area contributed by atoms with Crippen LogP contribution in [0, 0.1) is 0 Å². The maximum absolute atomic E-state index is 5.60. The molecule has 0 fully saturated rings. The highest BCUT2D eigenvalue weighted by Crippen LogP contribution is 2.29. The van der Waals surface area contributed by atoms with Crippen LogP contribution in [0.4, 0.5) is 17.5 Å². The molecule has 0 spiro atoms. The van der Waals surface area contributed by atoms with Gasteiger partial charge in [-0.2, -0.15) is 4.98 Å². The fourth-order valence-corrected chi connectivity index (χ4v) is 2.04. The van der Waals surface area contributed by atoms with Gasteiger partial charge in [0, 0.05) is 17.4 Å².